The molecule has 10 heteroatoms. The minimum Gasteiger partial charge on any atom is -0.461 e. The van der Waals surface area contributed by atoms with Crippen LogP contribution in [0.2, 0.25) is 5.15 Å². The van der Waals surface area contributed by atoms with Crippen molar-refractivity contribution in [3.8, 4) is 0 Å². The maximum Gasteiger partial charge on any atom is 0.360 e. The van der Waals surface area contributed by atoms with Crippen molar-refractivity contribution in [1.29, 1.82) is 0 Å². The highest BCUT2D eigenvalue weighted by Crippen LogP contribution is 2.36. The Hall–Kier alpha value is -1.52. The van der Waals surface area contributed by atoms with Crippen molar-refractivity contribution in [2.75, 3.05) is 25.6 Å². The van der Waals surface area contributed by atoms with E-state index in [1.54, 1.807) is 14.0 Å². The van der Waals surface area contributed by atoms with Gasteiger partial charge in [-0.1, -0.05) is 11.6 Å². The number of nitrogens with zero attached hydrogens (tertiary/aromatic N) is 2. The standard InChI is InChI=1S/C13H18ClN3O6/c1-3-22-13(21)7-11(14)17-12(15-2)6(16-7)10-9(20)8(19)5(4-18)23-10/h5,8-10,18-20H,3-4H2,1-2H3,(H,15,17)/t5-,8-,9-,10+/m1/s1. The van der Waals surface area contributed by atoms with Gasteiger partial charge in [0.05, 0.1) is 13.2 Å². The molecule has 0 unspecified atom stereocenters. The number of rotatable bonds is 5. The molecule has 1 aromatic heterocycles. The summed E-state index contributed by atoms with van der Waals surface area (Å²) in [7, 11) is 1.55. The summed E-state index contributed by atoms with van der Waals surface area (Å²) in [5, 5.41) is 31.7. The highest BCUT2D eigenvalue weighted by molar-refractivity contribution is 6.32. The maximum absolute atomic E-state index is 11.9. The Morgan fingerprint density at radius 3 is 2.61 bits per heavy atom. The number of aliphatic hydroxyl groups excluding tert-OH is 3. The van der Waals surface area contributed by atoms with Crippen LogP contribution in [0.1, 0.15) is 29.2 Å². The summed E-state index contributed by atoms with van der Waals surface area (Å²) in [6, 6.07) is 0. The van der Waals surface area contributed by atoms with E-state index in [2.05, 4.69) is 15.3 Å². The molecule has 0 aliphatic carbocycles. The molecule has 1 saturated heterocycles. The van der Waals surface area contributed by atoms with E-state index in [1.165, 1.54) is 0 Å². The van der Waals surface area contributed by atoms with Crippen LogP contribution >= 0.6 is 11.6 Å². The summed E-state index contributed by atoms with van der Waals surface area (Å²) < 4.78 is 10.3. The first kappa shape index (κ1) is 17.8. The van der Waals surface area contributed by atoms with Gasteiger partial charge in [0.1, 0.15) is 30.1 Å². The summed E-state index contributed by atoms with van der Waals surface area (Å²) in [5.74, 6) is -0.585. The molecule has 1 aliphatic heterocycles. The van der Waals surface area contributed by atoms with Gasteiger partial charge < -0.3 is 30.1 Å². The fraction of sp³-hybridized carbons (Fsp3) is 0.615. The zero-order chi connectivity index (χ0) is 17.1. The zero-order valence-corrected chi connectivity index (χ0v) is 13.3. The number of ether oxygens (including phenoxy) is 2. The maximum atomic E-state index is 11.9. The van der Waals surface area contributed by atoms with Crippen molar-refractivity contribution >= 4 is 23.4 Å². The lowest BCUT2D eigenvalue weighted by atomic mass is 10.1. The Morgan fingerprint density at radius 2 is 2.09 bits per heavy atom. The van der Waals surface area contributed by atoms with E-state index in [0.29, 0.717) is 0 Å². The highest BCUT2D eigenvalue weighted by atomic mass is 35.5. The van der Waals surface area contributed by atoms with E-state index in [9.17, 15) is 15.0 Å². The number of nitrogens with one attached hydrogen (secondary N) is 1. The van der Waals surface area contributed by atoms with Crippen molar-refractivity contribution in [3.05, 3.63) is 16.5 Å². The van der Waals surface area contributed by atoms with Crippen molar-refractivity contribution < 1.29 is 29.6 Å². The largest absolute Gasteiger partial charge is 0.461 e. The van der Waals surface area contributed by atoms with E-state index in [0.717, 1.165) is 0 Å². The average Bonchev–Trinajstić information content (AvgIpc) is 2.82. The number of aromatic nitrogens is 2. The van der Waals surface area contributed by atoms with Crippen LogP contribution in [0.3, 0.4) is 0 Å². The number of carbonyl (C=O) groups is 1. The molecule has 0 bridgehead atoms. The lowest BCUT2D eigenvalue weighted by Gasteiger charge is -2.18. The Bertz CT molecular complexity index is 587. The smallest absolute Gasteiger partial charge is 0.360 e. The Labute approximate surface area is 137 Å². The lowest BCUT2D eigenvalue weighted by molar-refractivity contribution is -0.0238. The molecule has 128 valence electrons. The van der Waals surface area contributed by atoms with E-state index in [4.69, 9.17) is 26.2 Å². The van der Waals surface area contributed by atoms with Gasteiger partial charge in [0.15, 0.2) is 16.7 Å². The second kappa shape index (κ2) is 7.37. The van der Waals surface area contributed by atoms with Gasteiger partial charge >= 0.3 is 5.97 Å². The number of halogens is 1. The number of aliphatic hydroxyl groups is 3. The molecule has 0 spiro atoms. The van der Waals surface area contributed by atoms with E-state index < -0.39 is 37.0 Å². The molecular weight excluding hydrogens is 330 g/mol. The fourth-order valence-corrected chi connectivity index (χ4v) is 2.47. The van der Waals surface area contributed by atoms with Crippen LogP contribution in [0.25, 0.3) is 0 Å². The monoisotopic (exact) mass is 347 g/mol. The van der Waals surface area contributed by atoms with E-state index >= 15 is 0 Å². The average molecular weight is 348 g/mol. The van der Waals surface area contributed by atoms with Crippen LogP contribution < -0.4 is 5.32 Å². The van der Waals surface area contributed by atoms with Crippen LogP contribution in [0.5, 0.6) is 0 Å². The topological polar surface area (TPSA) is 134 Å². The zero-order valence-electron chi connectivity index (χ0n) is 12.6. The minimum atomic E-state index is -1.34. The van der Waals surface area contributed by atoms with Gasteiger partial charge in [0.25, 0.3) is 0 Å². The molecule has 1 aliphatic rings. The Balaban J connectivity index is 2.44. The molecule has 1 fully saturated rings. The second-order valence-corrected chi connectivity index (χ2v) is 5.18. The van der Waals surface area contributed by atoms with E-state index in [1.807, 2.05) is 0 Å². The summed E-state index contributed by atoms with van der Waals surface area (Å²) in [6.45, 7) is 1.29. The fourth-order valence-electron chi connectivity index (χ4n) is 2.27. The van der Waals surface area contributed by atoms with Crippen molar-refractivity contribution in [3.63, 3.8) is 0 Å². The van der Waals surface area contributed by atoms with Crippen LogP contribution in [-0.4, -0.2) is 69.8 Å². The third kappa shape index (κ3) is 3.38. The summed E-state index contributed by atoms with van der Waals surface area (Å²) in [4.78, 5) is 20.0. The van der Waals surface area contributed by atoms with Gasteiger partial charge in [0.2, 0.25) is 0 Å². The van der Waals surface area contributed by atoms with Gasteiger partial charge in [-0.25, -0.2) is 14.8 Å². The first-order chi connectivity index (χ1) is 10.9. The molecule has 0 aromatic carbocycles. The van der Waals surface area contributed by atoms with Gasteiger partial charge in [0, 0.05) is 7.05 Å². The predicted octanol–water partition coefficient (Wildman–Crippen LogP) is -0.498. The lowest BCUT2D eigenvalue weighted by Crippen LogP contribution is -2.32. The van der Waals surface area contributed by atoms with E-state index in [-0.39, 0.29) is 29.0 Å². The summed E-state index contributed by atoms with van der Waals surface area (Å²) in [6.07, 6.45) is -4.69. The number of hydrogen-bond acceptors (Lipinski definition) is 9. The predicted molar refractivity (Wildman–Crippen MR) is 79.3 cm³/mol. The van der Waals surface area contributed by atoms with Gasteiger partial charge in [-0.2, -0.15) is 0 Å². The molecule has 23 heavy (non-hydrogen) atoms. The normalized spacial score (nSPS) is 27.0. The third-order valence-electron chi connectivity index (χ3n) is 3.40. The van der Waals surface area contributed by atoms with Crippen LogP contribution in [0, 0.1) is 0 Å². The molecule has 4 atom stereocenters. The molecule has 4 N–H and O–H groups in total. The molecule has 2 rings (SSSR count). The highest BCUT2D eigenvalue weighted by Gasteiger charge is 2.45. The second-order valence-electron chi connectivity index (χ2n) is 4.83. The Morgan fingerprint density at radius 1 is 1.39 bits per heavy atom. The number of carbonyl (C=O) groups excluding carboxylic acids is 1. The SMILES string of the molecule is CCOC(=O)c1nc([C@@H]2O[C@H](CO)[C@@H](O)[C@H]2O)c(NC)nc1Cl. The summed E-state index contributed by atoms with van der Waals surface area (Å²) in [5.41, 5.74) is -0.136. The van der Waals surface area contributed by atoms with Crippen LogP contribution in [0.15, 0.2) is 0 Å². The van der Waals surface area contributed by atoms with Crippen LogP contribution in [0.4, 0.5) is 5.82 Å². The molecule has 2 heterocycles. The summed E-state index contributed by atoms with van der Waals surface area (Å²) >= 11 is 5.93. The molecule has 0 saturated carbocycles. The first-order valence-corrected chi connectivity index (χ1v) is 7.37. The van der Waals surface area contributed by atoms with Gasteiger partial charge in [-0.15, -0.1) is 0 Å². The molecule has 0 radical (unpaired) electrons. The van der Waals surface area contributed by atoms with Crippen molar-refractivity contribution in [2.24, 2.45) is 0 Å². The number of hydrogen-bond donors (Lipinski definition) is 4. The first-order valence-electron chi connectivity index (χ1n) is 6.99. The molecule has 0 amide bonds. The van der Waals surface area contributed by atoms with Crippen molar-refractivity contribution in [2.45, 2.75) is 31.3 Å². The third-order valence-corrected chi connectivity index (χ3v) is 3.66. The van der Waals surface area contributed by atoms with Crippen molar-refractivity contribution in [1.82, 2.24) is 9.97 Å². The number of anilines is 1. The molecular formula is C13H18ClN3O6. The number of esters is 1. The van der Waals surface area contributed by atoms with Crippen LogP contribution in [-0.2, 0) is 9.47 Å². The molecule has 1 aromatic rings. The van der Waals surface area contributed by atoms with Gasteiger partial charge in [-0.05, 0) is 6.92 Å². The minimum absolute atomic E-state index is 0.0856. The molecule has 9 nitrogen and oxygen atoms in total. The Kier molecular flexibility index (Phi) is 5.71. The quantitative estimate of drug-likeness (QED) is 0.520. The van der Waals surface area contributed by atoms with Gasteiger partial charge in [-0.3, -0.25) is 0 Å².